The van der Waals surface area contributed by atoms with Gasteiger partial charge in [-0.2, -0.15) is 0 Å². The van der Waals surface area contributed by atoms with Gasteiger partial charge in [-0.15, -0.1) is 11.3 Å². The maximum Gasteiger partial charge on any atom is 0.232 e. The lowest BCUT2D eigenvalue weighted by atomic mass is 9.97. The van der Waals surface area contributed by atoms with Gasteiger partial charge in [-0.25, -0.2) is 4.98 Å². The highest BCUT2D eigenvalue weighted by atomic mass is 32.1. The number of aromatic nitrogens is 2. The smallest absolute Gasteiger partial charge is 0.232 e. The van der Waals surface area contributed by atoms with E-state index in [4.69, 9.17) is 0 Å². The molecule has 0 radical (unpaired) electrons. The SMILES string of the molecule is O=C(Cc1cccs1)N1CC(n2ccnc2)Cc2ccccc21. The normalized spacial score (nSPS) is 17.0. The molecule has 1 atom stereocenters. The van der Waals surface area contributed by atoms with E-state index in [2.05, 4.69) is 15.6 Å². The van der Waals surface area contributed by atoms with E-state index >= 15 is 0 Å². The molecular weight excluding hydrogens is 306 g/mol. The van der Waals surface area contributed by atoms with Crippen LogP contribution in [0.5, 0.6) is 0 Å². The summed E-state index contributed by atoms with van der Waals surface area (Å²) in [6, 6.07) is 12.5. The first kappa shape index (κ1) is 14.2. The Kier molecular flexibility index (Phi) is 3.71. The van der Waals surface area contributed by atoms with Gasteiger partial charge in [-0.3, -0.25) is 4.79 Å². The van der Waals surface area contributed by atoms with Crippen molar-refractivity contribution in [2.45, 2.75) is 18.9 Å². The molecule has 2 aromatic heterocycles. The first-order chi connectivity index (χ1) is 11.3. The van der Waals surface area contributed by atoms with Crippen LogP contribution in [0.25, 0.3) is 0 Å². The van der Waals surface area contributed by atoms with E-state index in [1.807, 2.05) is 53.1 Å². The van der Waals surface area contributed by atoms with E-state index in [0.717, 1.165) is 17.0 Å². The Balaban J connectivity index is 1.65. The second kappa shape index (κ2) is 6.01. The van der Waals surface area contributed by atoms with Gasteiger partial charge in [0.2, 0.25) is 5.91 Å². The number of para-hydroxylation sites is 1. The van der Waals surface area contributed by atoms with Gasteiger partial charge in [0, 0.05) is 29.5 Å². The van der Waals surface area contributed by atoms with Crippen LogP contribution in [0.2, 0.25) is 0 Å². The van der Waals surface area contributed by atoms with Crippen molar-refractivity contribution in [1.29, 1.82) is 0 Å². The second-order valence-electron chi connectivity index (χ2n) is 5.76. The van der Waals surface area contributed by atoms with Gasteiger partial charge in [0.25, 0.3) is 0 Å². The van der Waals surface area contributed by atoms with Crippen molar-refractivity contribution in [2.24, 2.45) is 0 Å². The zero-order valence-corrected chi connectivity index (χ0v) is 13.4. The minimum absolute atomic E-state index is 0.157. The number of amides is 1. The summed E-state index contributed by atoms with van der Waals surface area (Å²) < 4.78 is 2.10. The molecule has 5 heteroatoms. The monoisotopic (exact) mass is 323 g/mol. The molecule has 0 aliphatic carbocycles. The minimum atomic E-state index is 0.157. The Hall–Kier alpha value is -2.40. The first-order valence-electron chi connectivity index (χ1n) is 7.69. The van der Waals surface area contributed by atoms with Gasteiger partial charge in [0.15, 0.2) is 0 Å². The standard InChI is InChI=1S/C18H17N3OS/c22-18(11-16-5-3-9-23-16)21-12-15(20-8-7-19-13-20)10-14-4-1-2-6-17(14)21/h1-9,13,15H,10-12H2. The summed E-state index contributed by atoms with van der Waals surface area (Å²) in [6.45, 7) is 0.692. The molecule has 116 valence electrons. The molecule has 0 saturated carbocycles. The summed E-state index contributed by atoms with van der Waals surface area (Å²) >= 11 is 1.63. The lowest BCUT2D eigenvalue weighted by molar-refractivity contribution is -0.118. The van der Waals surface area contributed by atoms with Gasteiger partial charge >= 0.3 is 0 Å². The molecule has 0 N–H and O–H groups in total. The average Bonchev–Trinajstić information content (AvgIpc) is 3.27. The molecule has 4 nitrogen and oxygen atoms in total. The number of rotatable bonds is 3. The fourth-order valence-corrected chi connectivity index (χ4v) is 3.85. The fraction of sp³-hybridized carbons (Fsp3) is 0.222. The molecule has 0 fully saturated rings. The number of carbonyl (C=O) groups excluding carboxylic acids is 1. The van der Waals surface area contributed by atoms with Crippen molar-refractivity contribution in [3.63, 3.8) is 0 Å². The molecule has 3 aromatic rings. The van der Waals surface area contributed by atoms with Gasteiger partial charge in [0.1, 0.15) is 0 Å². The van der Waals surface area contributed by atoms with Gasteiger partial charge in [-0.05, 0) is 29.5 Å². The largest absolute Gasteiger partial charge is 0.332 e. The quantitative estimate of drug-likeness (QED) is 0.741. The van der Waals surface area contributed by atoms with Crippen LogP contribution in [0, 0.1) is 0 Å². The van der Waals surface area contributed by atoms with Crippen LogP contribution in [0.4, 0.5) is 5.69 Å². The molecule has 1 aliphatic heterocycles. The second-order valence-corrected chi connectivity index (χ2v) is 6.79. The molecule has 23 heavy (non-hydrogen) atoms. The summed E-state index contributed by atoms with van der Waals surface area (Å²) in [6.07, 6.45) is 6.98. The van der Waals surface area contributed by atoms with Gasteiger partial charge < -0.3 is 9.47 Å². The Labute approximate surface area is 139 Å². The topological polar surface area (TPSA) is 38.1 Å². The summed E-state index contributed by atoms with van der Waals surface area (Å²) in [5, 5.41) is 2.01. The van der Waals surface area contributed by atoms with Crippen LogP contribution in [-0.2, 0) is 17.6 Å². The van der Waals surface area contributed by atoms with E-state index in [0.29, 0.717) is 13.0 Å². The Bertz CT molecular complexity index is 796. The fourth-order valence-electron chi connectivity index (χ4n) is 3.15. The van der Waals surface area contributed by atoms with E-state index in [1.165, 1.54) is 5.56 Å². The van der Waals surface area contributed by atoms with Crippen molar-refractivity contribution in [1.82, 2.24) is 9.55 Å². The van der Waals surface area contributed by atoms with Crippen LogP contribution < -0.4 is 4.90 Å². The van der Waals surface area contributed by atoms with Crippen molar-refractivity contribution in [3.05, 3.63) is 70.9 Å². The number of fused-ring (bicyclic) bond motifs is 1. The molecule has 0 bridgehead atoms. The maximum absolute atomic E-state index is 12.9. The molecule has 1 aliphatic rings. The van der Waals surface area contributed by atoms with Crippen LogP contribution >= 0.6 is 11.3 Å². The van der Waals surface area contributed by atoms with E-state index < -0.39 is 0 Å². The number of benzene rings is 1. The third kappa shape index (κ3) is 2.80. The van der Waals surface area contributed by atoms with Gasteiger partial charge in [-0.1, -0.05) is 24.3 Å². The van der Waals surface area contributed by atoms with Crippen LogP contribution in [0.1, 0.15) is 16.5 Å². The number of anilines is 1. The molecule has 3 heterocycles. The maximum atomic E-state index is 12.9. The highest BCUT2D eigenvalue weighted by molar-refractivity contribution is 7.10. The zero-order chi connectivity index (χ0) is 15.6. The lowest BCUT2D eigenvalue weighted by Gasteiger charge is -2.35. The van der Waals surface area contributed by atoms with Crippen LogP contribution in [-0.4, -0.2) is 22.0 Å². The number of thiophene rings is 1. The molecule has 1 amide bonds. The lowest BCUT2D eigenvalue weighted by Crippen LogP contribution is -2.41. The molecule has 0 saturated heterocycles. The summed E-state index contributed by atoms with van der Waals surface area (Å²) in [5.41, 5.74) is 2.27. The molecule has 4 rings (SSSR count). The predicted molar refractivity (Wildman–Crippen MR) is 91.8 cm³/mol. The Morgan fingerprint density at radius 1 is 1.26 bits per heavy atom. The number of nitrogens with zero attached hydrogens (tertiary/aromatic N) is 3. The molecule has 1 unspecified atom stereocenters. The first-order valence-corrected chi connectivity index (χ1v) is 8.57. The summed E-state index contributed by atoms with van der Waals surface area (Å²) in [4.78, 5) is 20.0. The summed E-state index contributed by atoms with van der Waals surface area (Å²) in [7, 11) is 0. The predicted octanol–water partition coefficient (Wildman–Crippen LogP) is 3.32. The summed E-state index contributed by atoms with van der Waals surface area (Å²) in [5.74, 6) is 0.157. The number of hydrogen-bond acceptors (Lipinski definition) is 3. The third-order valence-electron chi connectivity index (χ3n) is 4.28. The third-order valence-corrected chi connectivity index (χ3v) is 5.16. The zero-order valence-electron chi connectivity index (χ0n) is 12.6. The highest BCUT2D eigenvalue weighted by Crippen LogP contribution is 2.32. The number of imidazole rings is 1. The Morgan fingerprint density at radius 2 is 2.17 bits per heavy atom. The van der Waals surface area contributed by atoms with Crippen molar-refractivity contribution in [2.75, 3.05) is 11.4 Å². The highest BCUT2D eigenvalue weighted by Gasteiger charge is 2.29. The van der Waals surface area contributed by atoms with Crippen molar-refractivity contribution in [3.8, 4) is 0 Å². The van der Waals surface area contributed by atoms with E-state index in [1.54, 1.807) is 17.5 Å². The minimum Gasteiger partial charge on any atom is -0.332 e. The van der Waals surface area contributed by atoms with E-state index in [9.17, 15) is 4.79 Å². The number of hydrogen-bond donors (Lipinski definition) is 0. The molecular formula is C18H17N3OS. The van der Waals surface area contributed by atoms with Gasteiger partial charge in [0.05, 0.1) is 18.8 Å². The van der Waals surface area contributed by atoms with Crippen molar-refractivity contribution >= 4 is 22.9 Å². The Morgan fingerprint density at radius 3 is 2.96 bits per heavy atom. The van der Waals surface area contributed by atoms with E-state index in [-0.39, 0.29) is 11.9 Å². The van der Waals surface area contributed by atoms with Crippen molar-refractivity contribution < 1.29 is 4.79 Å². The average molecular weight is 323 g/mol. The molecule has 0 spiro atoms. The molecule has 1 aromatic carbocycles. The van der Waals surface area contributed by atoms with Crippen LogP contribution in [0.15, 0.2) is 60.5 Å². The van der Waals surface area contributed by atoms with Crippen LogP contribution in [0.3, 0.4) is 0 Å². The number of carbonyl (C=O) groups is 1.